The van der Waals surface area contributed by atoms with Gasteiger partial charge in [-0.25, -0.2) is 4.79 Å². The number of hydrogen-bond acceptors (Lipinski definition) is 5. The molecule has 2 aromatic carbocycles. The SMILES string of the molecule is COc1cc(C(=O)OCC(=O)Nc2ccc3c(c2)CCC3)ccc1OCC(C)C. The van der Waals surface area contributed by atoms with Gasteiger partial charge in [-0.1, -0.05) is 19.9 Å². The number of amides is 1. The number of rotatable bonds is 8. The van der Waals surface area contributed by atoms with E-state index in [9.17, 15) is 9.59 Å². The Kier molecular flexibility index (Phi) is 6.75. The fraction of sp³-hybridized carbons (Fsp3) is 0.391. The fourth-order valence-electron chi connectivity index (χ4n) is 3.23. The van der Waals surface area contributed by atoms with Crippen LogP contribution in [-0.2, 0) is 22.4 Å². The van der Waals surface area contributed by atoms with E-state index in [0.717, 1.165) is 24.9 Å². The van der Waals surface area contributed by atoms with Gasteiger partial charge in [0.25, 0.3) is 5.91 Å². The molecule has 0 radical (unpaired) electrons. The standard InChI is InChI=1S/C23H27NO5/c1-15(2)13-28-20-10-8-18(12-21(20)27-3)23(26)29-14-22(25)24-19-9-7-16-5-4-6-17(16)11-19/h7-12,15H,4-6,13-14H2,1-3H3,(H,24,25). The maximum absolute atomic E-state index is 12.3. The zero-order chi connectivity index (χ0) is 20.8. The number of ether oxygens (including phenoxy) is 3. The average molecular weight is 397 g/mol. The van der Waals surface area contributed by atoms with Gasteiger partial charge in [-0.3, -0.25) is 4.79 Å². The van der Waals surface area contributed by atoms with Crippen LogP contribution in [-0.4, -0.2) is 32.2 Å². The summed E-state index contributed by atoms with van der Waals surface area (Å²) in [5.74, 6) is 0.409. The number of benzene rings is 2. The smallest absolute Gasteiger partial charge is 0.338 e. The van der Waals surface area contributed by atoms with Gasteiger partial charge in [-0.15, -0.1) is 0 Å². The average Bonchev–Trinajstić information content (AvgIpc) is 3.18. The van der Waals surface area contributed by atoms with Crippen LogP contribution in [0.4, 0.5) is 5.69 Å². The first-order valence-electron chi connectivity index (χ1n) is 9.86. The van der Waals surface area contributed by atoms with Gasteiger partial charge < -0.3 is 19.5 Å². The van der Waals surface area contributed by atoms with Crippen LogP contribution in [0.5, 0.6) is 11.5 Å². The van der Waals surface area contributed by atoms with Gasteiger partial charge in [0.15, 0.2) is 18.1 Å². The van der Waals surface area contributed by atoms with Gasteiger partial charge >= 0.3 is 5.97 Å². The molecule has 1 aliphatic rings. The predicted octanol–water partition coefficient (Wildman–Crippen LogP) is 4.01. The first kappa shape index (κ1) is 20.7. The Morgan fingerprint density at radius 1 is 1.03 bits per heavy atom. The van der Waals surface area contributed by atoms with Crippen LogP contribution in [0.15, 0.2) is 36.4 Å². The molecule has 0 fully saturated rings. The summed E-state index contributed by atoms with van der Waals surface area (Å²) in [5, 5.41) is 2.78. The normalized spacial score (nSPS) is 12.4. The molecule has 0 spiro atoms. The van der Waals surface area contributed by atoms with Crippen molar-refractivity contribution in [1.82, 2.24) is 0 Å². The van der Waals surface area contributed by atoms with E-state index in [-0.39, 0.29) is 12.5 Å². The number of hydrogen-bond donors (Lipinski definition) is 1. The summed E-state index contributed by atoms with van der Waals surface area (Å²) < 4.78 is 16.1. The maximum Gasteiger partial charge on any atom is 0.338 e. The van der Waals surface area contributed by atoms with Crippen molar-refractivity contribution in [2.45, 2.75) is 33.1 Å². The Morgan fingerprint density at radius 3 is 2.59 bits per heavy atom. The first-order valence-corrected chi connectivity index (χ1v) is 9.86. The van der Waals surface area contributed by atoms with Crippen molar-refractivity contribution in [3.63, 3.8) is 0 Å². The Bertz CT molecular complexity index is 891. The summed E-state index contributed by atoms with van der Waals surface area (Å²) >= 11 is 0. The van der Waals surface area contributed by atoms with Gasteiger partial charge in [0.05, 0.1) is 19.3 Å². The van der Waals surface area contributed by atoms with E-state index in [1.54, 1.807) is 18.2 Å². The molecular weight excluding hydrogens is 370 g/mol. The molecule has 1 amide bonds. The summed E-state index contributed by atoms with van der Waals surface area (Å²) in [6.45, 7) is 4.28. The van der Waals surface area contributed by atoms with Gasteiger partial charge in [-0.05, 0) is 66.6 Å². The topological polar surface area (TPSA) is 73.9 Å². The molecule has 0 aliphatic heterocycles. The van der Waals surface area contributed by atoms with Crippen LogP contribution in [0.2, 0.25) is 0 Å². The molecule has 6 heteroatoms. The summed E-state index contributed by atoms with van der Waals surface area (Å²) in [6, 6.07) is 10.7. The minimum Gasteiger partial charge on any atom is -0.493 e. The van der Waals surface area contributed by atoms with Crippen molar-refractivity contribution in [3.8, 4) is 11.5 Å². The summed E-state index contributed by atoms with van der Waals surface area (Å²) in [7, 11) is 1.51. The number of methoxy groups -OCH3 is 1. The lowest BCUT2D eigenvalue weighted by atomic mass is 10.1. The molecule has 0 aromatic heterocycles. The molecule has 2 aromatic rings. The Morgan fingerprint density at radius 2 is 1.83 bits per heavy atom. The molecule has 1 aliphatic carbocycles. The van der Waals surface area contributed by atoms with E-state index >= 15 is 0 Å². The van der Waals surface area contributed by atoms with E-state index in [1.807, 2.05) is 32.0 Å². The van der Waals surface area contributed by atoms with Gasteiger partial charge in [0.2, 0.25) is 0 Å². The third-order valence-electron chi connectivity index (χ3n) is 4.69. The van der Waals surface area contributed by atoms with E-state index in [0.29, 0.717) is 29.6 Å². The van der Waals surface area contributed by atoms with Gasteiger partial charge in [-0.2, -0.15) is 0 Å². The molecule has 0 saturated carbocycles. The van der Waals surface area contributed by atoms with Crippen molar-refractivity contribution in [1.29, 1.82) is 0 Å². The van der Waals surface area contributed by atoms with Gasteiger partial charge in [0.1, 0.15) is 0 Å². The molecule has 0 unspecified atom stereocenters. The molecule has 0 heterocycles. The van der Waals surface area contributed by atoms with Crippen LogP contribution >= 0.6 is 0 Å². The number of nitrogens with one attached hydrogen (secondary N) is 1. The van der Waals surface area contributed by atoms with Crippen LogP contribution < -0.4 is 14.8 Å². The highest BCUT2D eigenvalue weighted by molar-refractivity contribution is 5.95. The van der Waals surface area contributed by atoms with Crippen LogP contribution in [0.1, 0.15) is 41.8 Å². The minimum atomic E-state index is -0.595. The van der Waals surface area contributed by atoms with E-state index in [1.165, 1.54) is 18.2 Å². The van der Waals surface area contributed by atoms with Crippen LogP contribution in [0, 0.1) is 5.92 Å². The molecule has 0 bridgehead atoms. The van der Waals surface area contributed by atoms with Crippen molar-refractivity contribution in [2.75, 3.05) is 25.6 Å². The first-order chi connectivity index (χ1) is 14.0. The lowest BCUT2D eigenvalue weighted by Crippen LogP contribution is -2.21. The second-order valence-corrected chi connectivity index (χ2v) is 7.53. The highest BCUT2D eigenvalue weighted by Crippen LogP contribution is 2.29. The maximum atomic E-state index is 12.3. The number of carbonyl (C=O) groups is 2. The summed E-state index contributed by atoms with van der Waals surface area (Å²) in [6.07, 6.45) is 3.27. The number of anilines is 1. The molecule has 1 N–H and O–H groups in total. The van der Waals surface area contributed by atoms with E-state index in [2.05, 4.69) is 5.32 Å². The third-order valence-corrected chi connectivity index (χ3v) is 4.69. The molecule has 0 atom stereocenters. The zero-order valence-corrected chi connectivity index (χ0v) is 17.1. The lowest BCUT2D eigenvalue weighted by molar-refractivity contribution is -0.119. The van der Waals surface area contributed by atoms with Crippen molar-refractivity contribution < 1.29 is 23.8 Å². The van der Waals surface area contributed by atoms with Crippen molar-refractivity contribution in [3.05, 3.63) is 53.1 Å². The van der Waals surface area contributed by atoms with E-state index < -0.39 is 5.97 Å². The minimum absolute atomic E-state index is 0.295. The number of carbonyl (C=O) groups excluding carboxylic acids is 2. The summed E-state index contributed by atoms with van der Waals surface area (Å²) in [4.78, 5) is 24.4. The van der Waals surface area contributed by atoms with Crippen molar-refractivity contribution in [2.24, 2.45) is 5.92 Å². The molecule has 3 rings (SSSR count). The molecule has 29 heavy (non-hydrogen) atoms. The quantitative estimate of drug-likeness (QED) is 0.681. The summed E-state index contributed by atoms with van der Waals surface area (Å²) in [5.41, 5.74) is 3.62. The van der Waals surface area contributed by atoms with Crippen LogP contribution in [0.3, 0.4) is 0 Å². The monoisotopic (exact) mass is 397 g/mol. The number of fused-ring (bicyclic) bond motifs is 1. The highest BCUT2D eigenvalue weighted by Gasteiger charge is 2.15. The zero-order valence-electron chi connectivity index (χ0n) is 17.1. The predicted molar refractivity (Wildman–Crippen MR) is 111 cm³/mol. The molecule has 0 saturated heterocycles. The van der Waals surface area contributed by atoms with E-state index in [4.69, 9.17) is 14.2 Å². The number of esters is 1. The van der Waals surface area contributed by atoms with Crippen LogP contribution in [0.25, 0.3) is 0 Å². The third kappa shape index (κ3) is 5.50. The largest absolute Gasteiger partial charge is 0.493 e. The highest BCUT2D eigenvalue weighted by atomic mass is 16.5. The fourth-order valence-corrected chi connectivity index (χ4v) is 3.23. The van der Waals surface area contributed by atoms with Crippen molar-refractivity contribution >= 4 is 17.6 Å². The Balaban J connectivity index is 1.55. The van der Waals surface area contributed by atoms with Gasteiger partial charge in [0, 0.05) is 5.69 Å². The molecular formula is C23H27NO5. The Labute approximate surface area is 171 Å². The number of aryl methyl sites for hydroxylation is 2. The lowest BCUT2D eigenvalue weighted by Gasteiger charge is -2.13. The second kappa shape index (κ2) is 9.45. The molecule has 154 valence electrons. The molecule has 6 nitrogen and oxygen atoms in total. The Hall–Kier alpha value is -3.02. The second-order valence-electron chi connectivity index (χ2n) is 7.53.